The van der Waals surface area contributed by atoms with Crippen molar-refractivity contribution >= 4 is 11.3 Å². The maximum atomic E-state index is 5.72. The number of thiophene rings is 1. The topological polar surface area (TPSA) is 26.0 Å². The van der Waals surface area contributed by atoms with E-state index in [9.17, 15) is 0 Å². The fourth-order valence-corrected chi connectivity index (χ4v) is 2.57. The summed E-state index contributed by atoms with van der Waals surface area (Å²) in [6, 6.07) is 4.92. The molecule has 1 heterocycles. The zero-order valence-electron chi connectivity index (χ0n) is 6.71. The average molecular weight is 167 g/mol. The van der Waals surface area contributed by atoms with Gasteiger partial charge in [0.1, 0.15) is 0 Å². The van der Waals surface area contributed by atoms with Gasteiger partial charge in [0.25, 0.3) is 0 Å². The third-order valence-electron chi connectivity index (χ3n) is 2.34. The molecule has 1 aliphatic carbocycles. The second-order valence-electron chi connectivity index (χ2n) is 3.38. The Labute approximate surface area is 71.2 Å². The monoisotopic (exact) mass is 167 g/mol. The lowest BCUT2D eigenvalue weighted by Gasteiger charge is -2.31. The molecular formula is C9H13NS. The smallest absolute Gasteiger partial charge is 0.00802 e. The molecule has 0 amide bonds. The zero-order chi connectivity index (χ0) is 7.84. The third-order valence-corrected chi connectivity index (χ3v) is 3.50. The van der Waals surface area contributed by atoms with Gasteiger partial charge in [-0.05, 0) is 37.8 Å². The lowest BCUT2D eigenvalue weighted by Crippen LogP contribution is -2.34. The minimum Gasteiger partial charge on any atom is -0.328 e. The summed E-state index contributed by atoms with van der Waals surface area (Å²) in [5.74, 6) is 0.781. The lowest BCUT2D eigenvalue weighted by molar-refractivity contribution is 0.356. The summed E-state index contributed by atoms with van der Waals surface area (Å²) in [4.78, 5) is 2.95. The van der Waals surface area contributed by atoms with Gasteiger partial charge in [-0.3, -0.25) is 0 Å². The normalized spacial score (nSPS) is 30.0. The van der Waals surface area contributed by atoms with Crippen LogP contribution in [0.15, 0.2) is 12.1 Å². The minimum absolute atomic E-state index is 0.474. The van der Waals surface area contributed by atoms with E-state index in [4.69, 9.17) is 5.73 Å². The highest BCUT2D eigenvalue weighted by molar-refractivity contribution is 7.12. The van der Waals surface area contributed by atoms with E-state index in [0.717, 1.165) is 5.92 Å². The van der Waals surface area contributed by atoms with Gasteiger partial charge in [0.05, 0.1) is 0 Å². The van der Waals surface area contributed by atoms with E-state index in [0.29, 0.717) is 6.04 Å². The standard InChI is InChI=1S/C9H13NS/c1-6-2-3-9(11-6)7-4-8(10)5-7/h2-3,7-8H,4-5,10H2,1H3. The van der Waals surface area contributed by atoms with Gasteiger partial charge in [-0.2, -0.15) is 0 Å². The van der Waals surface area contributed by atoms with Crippen molar-refractivity contribution in [1.29, 1.82) is 0 Å². The summed E-state index contributed by atoms with van der Waals surface area (Å²) in [5, 5.41) is 0. The van der Waals surface area contributed by atoms with Crippen molar-refractivity contribution in [3.63, 3.8) is 0 Å². The number of nitrogens with two attached hydrogens (primary N) is 1. The van der Waals surface area contributed by atoms with Crippen LogP contribution in [0.5, 0.6) is 0 Å². The number of hydrogen-bond donors (Lipinski definition) is 1. The molecule has 1 aromatic rings. The molecule has 0 unspecified atom stereocenters. The van der Waals surface area contributed by atoms with Gasteiger partial charge in [0.2, 0.25) is 0 Å². The predicted octanol–water partition coefficient (Wildman–Crippen LogP) is 2.26. The lowest BCUT2D eigenvalue weighted by atomic mass is 9.80. The average Bonchev–Trinajstić information content (AvgIpc) is 2.29. The molecule has 0 aliphatic heterocycles. The molecule has 1 aromatic heterocycles. The van der Waals surface area contributed by atoms with Crippen molar-refractivity contribution in [2.75, 3.05) is 0 Å². The Bertz CT molecular complexity index is 248. The third kappa shape index (κ3) is 1.33. The molecule has 2 heteroatoms. The Morgan fingerprint density at radius 1 is 1.45 bits per heavy atom. The molecule has 1 fully saturated rings. The molecular weight excluding hydrogens is 154 g/mol. The second-order valence-corrected chi connectivity index (χ2v) is 4.70. The van der Waals surface area contributed by atoms with Gasteiger partial charge in [0, 0.05) is 15.8 Å². The summed E-state index contributed by atoms with van der Waals surface area (Å²) >= 11 is 1.92. The van der Waals surface area contributed by atoms with Crippen molar-refractivity contribution in [3.8, 4) is 0 Å². The molecule has 0 bridgehead atoms. The summed E-state index contributed by atoms with van der Waals surface area (Å²) in [6.45, 7) is 2.16. The van der Waals surface area contributed by atoms with Crippen LogP contribution in [0.2, 0.25) is 0 Å². The molecule has 0 spiro atoms. The maximum Gasteiger partial charge on any atom is 0.00802 e. The highest BCUT2D eigenvalue weighted by Gasteiger charge is 2.27. The molecule has 1 nitrogen and oxygen atoms in total. The molecule has 2 rings (SSSR count). The first-order chi connectivity index (χ1) is 5.25. The van der Waals surface area contributed by atoms with Gasteiger partial charge < -0.3 is 5.73 Å². The summed E-state index contributed by atoms with van der Waals surface area (Å²) < 4.78 is 0. The number of hydrogen-bond acceptors (Lipinski definition) is 2. The van der Waals surface area contributed by atoms with Crippen molar-refractivity contribution in [1.82, 2.24) is 0 Å². The van der Waals surface area contributed by atoms with Crippen LogP contribution in [-0.4, -0.2) is 6.04 Å². The molecule has 1 aliphatic rings. The van der Waals surface area contributed by atoms with E-state index in [1.54, 1.807) is 0 Å². The molecule has 1 saturated carbocycles. The van der Waals surface area contributed by atoms with Gasteiger partial charge in [-0.1, -0.05) is 0 Å². The molecule has 2 N–H and O–H groups in total. The quantitative estimate of drug-likeness (QED) is 0.682. The first kappa shape index (κ1) is 7.32. The molecule has 0 saturated heterocycles. The van der Waals surface area contributed by atoms with Crippen LogP contribution in [0.25, 0.3) is 0 Å². The van der Waals surface area contributed by atoms with Crippen LogP contribution in [0, 0.1) is 6.92 Å². The first-order valence-corrected chi connectivity index (χ1v) is 4.89. The molecule has 0 atom stereocenters. The second kappa shape index (κ2) is 2.61. The first-order valence-electron chi connectivity index (χ1n) is 4.07. The summed E-state index contributed by atoms with van der Waals surface area (Å²) in [5.41, 5.74) is 5.72. The van der Waals surface area contributed by atoms with Crippen LogP contribution >= 0.6 is 11.3 Å². The zero-order valence-corrected chi connectivity index (χ0v) is 7.53. The SMILES string of the molecule is Cc1ccc(C2CC(N)C2)s1. The highest BCUT2D eigenvalue weighted by Crippen LogP contribution is 2.38. The fraction of sp³-hybridized carbons (Fsp3) is 0.556. The van der Waals surface area contributed by atoms with Gasteiger partial charge in [0.15, 0.2) is 0 Å². The molecule has 0 radical (unpaired) electrons. The molecule has 0 aromatic carbocycles. The summed E-state index contributed by atoms with van der Waals surface area (Å²) in [6.07, 6.45) is 2.39. The number of aryl methyl sites for hydroxylation is 1. The van der Waals surface area contributed by atoms with Gasteiger partial charge in [-0.25, -0.2) is 0 Å². The fourth-order valence-electron chi connectivity index (χ4n) is 1.57. The van der Waals surface area contributed by atoms with E-state index in [-0.39, 0.29) is 0 Å². The van der Waals surface area contributed by atoms with Crippen molar-refractivity contribution in [2.24, 2.45) is 5.73 Å². The Hall–Kier alpha value is -0.340. The van der Waals surface area contributed by atoms with Crippen molar-refractivity contribution in [3.05, 3.63) is 21.9 Å². The Morgan fingerprint density at radius 3 is 2.64 bits per heavy atom. The minimum atomic E-state index is 0.474. The predicted molar refractivity (Wildman–Crippen MR) is 49.0 cm³/mol. The Balaban J connectivity index is 2.07. The largest absolute Gasteiger partial charge is 0.328 e. The number of rotatable bonds is 1. The van der Waals surface area contributed by atoms with Gasteiger partial charge >= 0.3 is 0 Å². The van der Waals surface area contributed by atoms with E-state index < -0.39 is 0 Å². The Morgan fingerprint density at radius 2 is 2.18 bits per heavy atom. The van der Waals surface area contributed by atoms with Crippen LogP contribution in [0.4, 0.5) is 0 Å². The van der Waals surface area contributed by atoms with Crippen LogP contribution < -0.4 is 5.73 Å². The van der Waals surface area contributed by atoms with Crippen LogP contribution in [-0.2, 0) is 0 Å². The highest BCUT2D eigenvalue weighted by atomic mass is 32.1. The summed E-state index contributed by atoms with van der Waals surface area (Å²) in [7, 11) is 0. The van der Waals surface area contributed by atoms with E-state index in [1.165, 1.54) is 22.6 Å². The Kier molecular flexibility index (Phi) is 1.74. The molecule has 60 valence electrons. The van der Waals surface area contributed by atoms with E-state index >= 15 is 0 Å². The van der Waals surface area contributed by atoms with Gasteiger partial charge in [-0.15, -0.1) is 11.3 Å². The van der Waals surface area contributed by atoms with Crippen molar-refractivity contribution < 1.29 is 0 Å². The molecule has 11 heavy (non-hydrogen) atoms. The van der Waals surface area contributed by atoms with Crippen LogP contribution in [0.1, 0.15) is 28.5 Å². The van der Waals surface area contributed by atoms with E-state index in [2.05, 4.69) is 19.1 Å². The van der Waals surface area contributed by atoms with Crippen molar-refractivity contribution in [2.45, 2.75) is 31.7 Å². The maximum absolute atomic E-state index is 5.72. The van der Waals surface area contributed by atoms with E-state index in [1.807, 2.05) is 11.3 Å². The van der Waals surface area contributed by atoms with Crippen LogP contribution in [0.3, 0.4) is 0 Å².